The maximum atomic E-state index is 12.9. The SMILES string of the molecule is O=C(c1cc(C(F)(F)F)nn1C1CC1)N1CC(S(=O)(=O)NC2CC2)C1. The van der Waals surface area contributed by atoms with Crippen molar-refractivity contribution in [2.75, 3.05) is 13.1 Å². The molecule has 1 aliphatic heterocycles. The van der Waals surface area contributed by atoms with Crippen molar-refractivity contribution in [2.24, 2.45) is 0 Å². The van der Waals surface area contributed by atoms with Crippen molar-refractivity contribution in [3.8, 4) is 0 Å². The molecule has 138 valence electrons. The van der Waals surface area contributed by atoms with Crippen LogP contribution in [0, 0.1) is 0 Å². The summed E-state index contributed by atoms with van der Waals surface area (Å²) in [5.74, 6) is -0.604. The molecule has 0 bridgehead atoms. The molecule has 2 aliphatic carbocycles. The van der Waals surface area contributed by atoms with E-state index in [0.29, 0.717) is 12.8 Å². The number of aromatic nitrogens is 2. The Morgan fingerprint density at radius 1 is 1.20 bits per heavy atom. The van der Waals surface area contributed by atoms with Crippen LogP contribution in [0.3, 0.4) is 0 Å². The number of hydrogen-bond donors (Lipinski definition) is 1. The molecular weight excluding hydrogens is 361 g/mol. The van der Waals surface area contributed by atoms with Crippen LogP contribution in [-0.4, -0.2) is 53.4 Å². The molecule has 1 saturated heterocycles. The predicted octanol–water partition coefficient (Wildman–Crippen LogP) is 1.14. The molecule has 2 heterocycles. The van der Waals surface area contributed by atoms with Gasteiger partial charge in [-0.05, 0) is 25.7 Å². The molecule has 0 spiro atoms. The highest BCUT2D eigenvalue weighted by atomic mass is 32.2. The molecule has 1 aromatic rings. The Hall–Kier alpha value is -1.62. The Morgan fingerprint density at radius 2 is 1.84 bits per heavy atom. The largest absolute Gasteiger partial charge is 0.435 e. The number of nitrogens with one attached hydrogen (secondary N) is 1. The van der Waals surface area contributed by atoms with Crippen molar-refractivity contribution in [2.45, 2.75) is 49.2 Å². The number of nitrogens with zero attached hydrogens (tertiary/aromatic N) is 3. The summed E-state index contributed by atoms with van der Waals surface area (Å²) in [6.07, 6.45) is -1.63. The van der Waals surface area contributed by atoms with Crippen molar-refractivity contribution in [1.82, 2.24) is 19.4 Å². The molecule has 1 amide bonds. The molecule has 25 heavy (non-hydrogen) atoms. The number of carbonyl (C=O) groups is 1. The first kappa shape index (κ1) is 16.8. The highest BCUT2D eigenvalue weighted by Gasteiger charge is 2.45. The van der Waals surface area contributed by atoms with Gasteiger partial charge in [-0.2, -0.15) is 18.3 Å². The second kappa shape index (κ2) is 5.44. The van der Waals surface area contributed by atoms with Crippen molar-refractivity contribution in [1.29, 1.82) is 0 Å². The highest BCUT2D eigenvalue weighted by Crippen LogP contribution is 2.38. The predicted molar refractivity (Wildman–Crippen MR) is 80.3 cm³/mol. The van der Waals surface area contributed by atoms with Crippen molar-refractivity contribution in [3.05, 3.63) is 17.5 Å². The number of sulfonamides is 1. The minimum atomic E-state index is -4.62. The molecule has 2 saturated carbocycles. The van der Waals surface area contributed by atoms with E-state index >= 15 is 0 Å². The van der Waals surface area contributed by atoms with E-state index in [9.17, 15) is 26.4 Å². The Morgan fingerprint density at radius 3 is 2.36 bits per heavy atom. The van der Waals surface area contributed by atoms with Crippen molar-refractivity contribution >= 4 is 15.9 Å². The maximum Gasteiger partial charge on any atom is 0.435 e. The summed E-state index contributed by atoms with van der Waals surface area (Å²) < 4.78 is 66.5. The van der Waals surface area contributed by atoms with Gasteiger partial charge >= 0.3 is 6.18 Å². The van der Waals surface area contributed by atoms with Crippen LogP contribution in [0.2, 0.25) is 0 Å². The molecule has 0 radical (unpaired) electrons. The van der Waals surface area contributed by atoms with Crippen LogP contribution < -0.4 is 4.72 Å². The van der Waals surface area contributed by atoms with Crippen LogP contribution >= 0.6 is 0 Å². The maximum absolute atomic E-state index is 12.9. The normalized spacial score (nSPS) is 22.1. The number of likely N-dealkylation sites (tertiary alicyclic amines) is 1. The standard InChI is InChI=1S/C14H17F3N4O3S/c15-14(16,17)12-5-11(21(18-12)9-3-4-9)13(22)20-6-10(7-20)25(23,24)19-8-1-2-8/h5,8-10,19H,1-4,6-7H2. The van der Waals surface area contributed by atoms with Gasteiger partial charge in [-0.3, -0.25) is 9.48 Å². The Balaban J connectivity index is 1.48. The number of carbonyl (C=O) groups excluding carboxylic acids is 1. The van der Waals surface area contributed by atoms with Crippen LogP contribution in [0.5, 0.6) is 0 Å². The van der Waals surface area contributed by atoms with Crippen LogP contribution in [-0.2, 0) is 16.2 Å². The summed E-state index contributed by atoms with van der Waals surface area (Å²) in [4.78, 5) is 13.8. The van der Waals surface area contributed by atoms with E-state index in [4.69, 9.17) is 0 Å². The lowest BCUT2D eigenvalue weighted by Crippen LogP contribution is -2.59. The number of halogens is 3. The number of hydrogen-bond acceptors (Lipinski definition) is 4. The highest BCUT2D eigenvalue weighted by molar-refractivity contribution is 7.90. The molecule has 7 nitrogen and oxygen atoms in total. The van der Waals surface area contributed by atoms with Crippen LogP contribution in [0.4, 0.5) is 13.2 Å². The van der Waals surface area contributed by atoms with Gasteiger partial charge in [0.25, 0.3) is 5.91 Å². The molecule has 4 rings (SSSR count). The fraction of sp³-hybridized carbons (Fsp3) is 0.714. The van der Waals surface area contributed by atoms with Gasteiger partial charge in [0.2, 0.25) is 10.0 Å². The van der Waals surface area contributed by atoms with Crippen LogP contribution in [0.1, 0.15) is 47.9 Å². The number of rotatable bonds is 5. The van der Waals surface area contributed by atoms with Crippen molar-refractivity contribution < 1.29 is 26.4 Å². The van der Waals surface area contributed by atoms with E-state index in [0.717, 1.165) is 23.6 Å². The average molecular weight is 378 g/mol. The monoisotopic (exact) mass is 378 g/mol. The smallest absolute Gasteiger partial charge is 0.334 e. The fourth-order valence-electron chi connectivity index (χ4n) is 2.78. The summed E-state index contributed by atoms with van der Waals surface area (Å²) in [6, 6.07) is 0.554. The third-order valence-corrected chi connectivity index (χ3v) is 6.46. The van der Waals surface area contributed by atoms with E-state index in [1.807, 2.05) is 0 Å². The summed E-state index contributed by atoms with van der Waals surface area (Å²) in [6.45, 7) is -0.0316. The first-order valence-electron chi connectivity index (χ1n) is 8.12. The zero-order chi connectivity index (χ0) is 18.0. The minimum absolute atomic E-state index is 0.0135. The second-order valence-corrected chi connectivity index (χ2v) is 8.85. The van der Waals surface area contributed by atoms with Crippen LogP contribution in [0.25, 0.3) is 0 Å². The quantitative estimate of drug-likeness (QED) is 0.833. The Kier molecular flexibility index (Phi) is 3.66. The molecule has 3 aliphatic rings. The Bertz CT molecular complexity index is 806. The second-order valence-electron chi connectivity index (χ2n) is 6.86. The first-order chi connectivity index (χ1) is 11.6. The van der Waals surface area contributed by atoms with Gasteiger partial charge in [0.1, 0.15) is 10.9 Å². The lowest BCUT2D eigenvalue weighted by atomic mass is 10.2. The van der Waals surface area contributed by atoms with Crippen LogP contribution in [0.15, 0.2) is 6.07 Å². The third kappa shape index (κ3) is 3.26. The zero-order valence-electron chi connectivity index (χ0n) is 13.2. The van der Waals surface area contributed by atoms with Gasteiger partial charge in [-0.25, -0.2) is 13.1 Å². The minimum Gasteiger partial charge on any atom is -0.334 e. The topological polar surface area (TPSA) is 84.3 Å². The zero-order valence-corrected chi connectivity index (χ0v) is 14.0. The summed E-state index contributed by atoms with van der Waals surface area (Å²) in [5.41, 5.74) is -1.22. The summed E-state index contributed by atoms with van der Waals surface area (Å²) >= 11 is 0. The average Bonchev–Trinajstić information content (AvgIpc) is 3.36. The van der Waals surface area contributed by atoms with Gasteiger partial charge in [0.05, 0.1) is 6.04 Å². The van der Waals surface area contributed by atoms with Gasteiger partial charge in [-0.15, -0.1) is 0 Å². The van der Waals surface area contributed by atoms with E-state index in [1.165, 1.54) is 4.90 Å². The van der Waals surface area contributed by atoms with Gasteiger partial charge in [-0.1, -0.05) is 0 Å². The lowest BCUT2D eigenvalue weighted by molar-refractivity contribution is -0.141. The third-order valence-electron chi connectivity index (χ3n) is 4.62. The van der Waals surface area contributed by atoms with Gasteiger partial charge in [0.15, 0.2) is 5.69 Å². The Labute approximate surface area is 142 Å². The van der Waals surface area contributed by atoms with Crippen molar-refractivity contribution in [3.63, 3.8) is 0 Å². The van der Waals surface area contributed by atoms with Gasteiger partial charge in [0, 0.05) is 25.2 Å². The van der Waals surface area contributed by atoms with Gasteiger partial charge < -0.3 is 4.90 Å². The molecule has 3 fully saturated rings. The fourth-order valence-corrected chi connectivity index (χ4v) is 4.43. The lowest BCUT2D eigenvalue weighted by Gasteiger charge is -2.38. The molecule has 1 aromatic heterocycles. The van der Waals surface area contributed by atoms with E-state index < -0.39 is 33.1 Å². The summed E-state index contributed by atoms with van der Waals surface area (Å²) in [5, 5.41) is 2.82. The molecule has 0 aromatic carbocycles. The first-order valence-corrected chi connectivity index (χ1v) is 9.67. The molecule has 11 heteroatoms. The molecule has 1 N–H and O–H groups in total. The number of alkyl halides is 3. The van der Waals surface area contributed by atoms with E-state index in [2.05, 4.69) is 9.82 Å². The van der Waals surface area contributed by atoms with E-state index in [1.54, 1.807) is 0 Å². The number of amides is 1. The van der Waals surface area contributed by atoms with E-state index in [-0.39, 0.29) is 30.9 Å². The summed E-state index contributed by atoms with van der Waals surface area (Å²) in [7, 11) is -3.49. The molecule has 0 atom stereocenters. The molecular formula is C14H17F3N4O3S. The molecule has 0 unspecified atom stereocenters.